The summed E-state index contributed by atoms with van der Waals surface area (Å²) >= 11 is 0. The molecular formula is C13H28N2O2. The molecule has 0 spiro atoms. The lowest BCUT2D eigenvalue weighted by atomic mass is 10.0. The van der Waals surface area contributed by atoms with Crippen LogP contribution < -0.4 is 5.32 Å². The van der Waals surface area contributed by atoms with E-state index in [1.807, 2.05) is 0 Å². The Morgan fingerprint density at radius 2 is 2.35 bits per heavy atom. The summed E-state index contributed by atoms with van der Waals surface area (Å²) in [5, 5.41) is 3.41. The molecule has 0 bridgehead atoms. The molecule has 2 atom stereocenters. The molecule has 0 aromatic rings. The van der Waals surface area contributed by atoms with E-state index < -0.39 is 0 Å². The largest absolute Gasteiger partial charge is 0.383 e. The van der Waals surface area contributed by atoms with Crippen LogP contribution in [0.4, 0.5) is 0 Å². The van der Waals surface area contributed by atoms with E-state index in [0.29, 0.717) is 6.04 Å². The normalized spacial score (nSPS) is 22.9. The topological polar surface area (TPSA) is 33.7 Å². The third-order valence-corrected chi connectivity index (χ3v) is 3.48. The number of hydrogen-bond donors (Lipinski definition) is 1. The van der Waals surface area contributed by atoms with Gasteiger partial charge in [0.05, 0.1) is 13.2 Å². The second kappa shape index (κ2) is 8.86. The van der Waals surface area contributed by atoms with Crippen LogP contribution in [-0.4, -0.2) is 64.6 Å². The first-order chi connectivity index (χ1) is 8.24. The minimum Gasteiger partial charge on any atom is -0.383 e. The van der Waals surface area contributed by atoms with Gasteiger partial charge in [-0.15, -0.1) is 0 Å². The van der Waals surface area contributed by atoms with Crippen molar-refractivity contribution >= 4 is 0 Å². The van der Waals surface area contributed by atoms with Crippen LogP contribution in [0.5, 0.6) is 0 Å². The fourth-order valence-electron chi connectivity index (χ4n) is 2.18. The summed E-state index contributed by atoms with van der Waals surface area (Å²) in [4.78, 5) is 2.43. The Kier molecular flexibility index (Phi) is 7.77. The molecule has 1 aliphatic rings. The highest BCUT2D eigenvalue weighted by Crippen LogP contribution is 2.15. The Labute approximate surface area is 106 Å². The molecule has 0 radical (unpaired) electrons. The second-order valence-corrected chi connectivity index (χ2v) is 5.07. The zero-order valence-corrected chi connectivity index (χ0v) is 11.6. The molecule has 17 heavy (non-hydrogen) atoms. The van der Waals surface area contributed by atoms with Gasteiger partial charge in [0.25, 0.3) is 0 Å². The van der Waals surface area contributed by atoms with Crippen molar-refractivity contribution in [3.63, 3.8) is 0 Å². The fraction of sp³-hybridized carbons (Fsp3) is 1.00. The fourth-order valence-corrected chi connectivity index (χ4v) is 2.18. The number of likely N-dealkylation sites (N-methyl/N-ethyl adjacent to an activating group) is 1. The minimum atomic E-state index is 0.564. The SMILES string of the molecule is COCCNCC(C)N(C)CC1CCCOC1. The number of nitrogens with zero attached hydrogens (tertiary/aromatic N) is 1. The summed E-state index contributed by atoms with van der Waals surface area (Å²) in [6, 6.07) is 0.564. The third kappa shape index (κ3) is 6.36. The Balaban J connectivity index is 2.10. The van der Waals surface area contributed by atoms with E-state index in [-0.39, 0.29) is 0 Å². The molecule has 0 aromatic carbocycles. The van der Waals surface area contributed by atoms with E-state index in [4.69, 9.17) is 9.47 Å². The first-order valence-corrected chi connectivity index (χ1v) is 6.71. The number of hydrogen-bond acceptors (Lipinski definition) is 4. The van der Waals surface area contributed by atoms with Gasteiger partial charge in [-0.1, -0.05) is 0 Å². The van der Waals surface area contributed by atoms with Crippen molar-refractivity contribution in [1.29, 1.82) is 0 Å². The summed E-state index contributed by atoms with van der Waals surface area (Å²) in [6.07, 6.45) is 2.53. The highest BCUT2D eigenvalue weighted by Gasteiger charge is 2.18. The monoisotopic (exact) mass is 244 g/mol. The molecule has 2 unspecified atom stereocenters. The highest BCUT2D eigenvalue weighted by molar-refractivity contribution is 4.72. The molecule has 0 amide bonds. The van der Waals surface area contributed by atoms with Gasteiger partial charge in [0.2, 0.25) is 0 Å². The predicted octanol–water partition coefficient (Wildman–Crippen LogP) is 0.969. The highest BCUT2D eigenvalue weighted by atomic mass is 16.5. The van der Waals surface area contributed by atoms with E-state index in [0.717, 1.165) is 45.4 Å². The van der Waals surface area contributed by atoms with Crippen LogP contribution >= 0.6 is 0 Å². The molecule has 4 nitrogen and oxygen atoms in total. The summed E-state index contributed by atoms with van der Waals surface area (Å²) < 4.78 is 10.5. The summed E-state index contributed by atoms with van der Waals surface area (Å²) in [6.45, 7) is 8.04. The molecule has 102 valence electrons. The van der Waals surface area contributed by atoms with Gasteiger partial charge in [0, 0.05) is 39.4 Å². The van der Waals surface area contributed by atoms with E-state index in [2.05, 4.69) is 24.2 Å². The Morgan fingerprint density at radius 1 is 1.53 bits per heavy atom. The van der Waals surface area contributed by atoms with Gasteiger partial charge in [-0.25, -0.2) is 0 Å². The van der Waals surface area contributed by atoms with Gasteiger partial charge in [0.15, 0.2) is 0 Å². The molecule has 1 aliphatic heterocycles. The average Bonchev–Trinajstić information content (AvgIpc) is 2.35. The molecule has 0 saturated carbocycles. The van der Waals surface area contributed by atoms with Crippen molar-refractivity contribution in [2.75, 3.05) is 53.6 Å². The lowest BCUT2D eigenvalue weighted by Crippen LogP contribution is -2.42. The number of ether oxygens (including phenoxy) is 2. The standard InChI is InChI=1S/C13H28N2O2/c1-12(9-14-6-8-16-3)15(2)10-13-5-4-7-17-11-13/h12-14H,4-11H2,1-3H3. The van der Waals surface area contributed by atoms with Crippen molar-refractivity contribution in [2.45, 2.75) is 25.8 Å². The zero-order chi connectivity index (χ0) is 12.5. The van der Waals surface area contributed by atoms with Gasteiger partial charge in [0.1, 0.15) is 0 Å². The average molecular weight is 244 g/mol. The third-order valence-electron chi connectivity index (χ3n) is 3.48. The first kappa shape index (κ1) is 14.9. The molecule has 1 saturated heterocycles. The van der Waals surface area contributed by atoms with Gasteiger partial charge >= 0.3 is 0 Å². The summed E-state index contributed by atoms with van der Waals surface area (Å²) in [5.41, 5.74) is 0. The predicted molar refractivity (Wildman–Crippen MR) is 70.4 cm³/mol. The summed E-state index contributed by atoms with van der Waals surface area (Å²) in [5.74, 6) is 0.718. The molecular weight excluding hydrogens is 216 g/mol. The van der Waals surface area contributed by atoms with Gasteiger partial charge in [-0.2, -0.15) is 0 Å². The van der Waals surface area contributed by atoms with Gasteiger partial charge in [-0.05, 0) is 32.7 Å². The van der Waals surface area contributed by atoms with E-state index in [1.165, 1.54) is 12.8 Å². The Morgan fingerprint density at radius 3 is 3.00 bits per heavy atom. The van der Waals surface area contributed by atoms with Gasteiger partial charge < -0.3 is 19.7 Å². The quantitative estimate of drug-likeness (QED) is 0.645. The van der Waals surface area contributed by atoms with Crippen molar-refractivity contribution in [1.82, 2.24) is 10.2 Å². The lowest BCUT2D eigenvalue weighted by molar-refractivity contribution is 0.0372. The molecule has 0 aromatic heterocycles. The first-order valence-electron chi connectivity index (χ1n) is 6.71. The number of nitrogens with one attached hydrogen (secondary N) is 1. The molecule has 1 N–H and O–H groups in total. The maximum atomic E-state index is 5.52. The Bertz CT molecular complexity index is 184. The van der Waals surface area contributed by atoms with Crippen LogP contribution in [0.1, 0.15) is 19.8 Å². The molecule has 1 fully saturated rings. The van der Waals surface area contributed by atoms with Crippen LogP contribution in [0.15, 0.2) is 0 Å². The van der Waals surface area contributed by atoms with Crippen LogP contribution in [-0.2, 0) is 9.47 Å². The van der Waals surface area contributed by atoms with Crippen molar-refractivity contribution in [3.05, 3.63) is 0 Å². The van der Waals surface area contributed by atoms with E-state index in [1.54, 1.807) is 7.11 Å². The van der Waals surface area contributed by atoms with E-state index in [9.17, 15) is 0 Å². The number of methoxy groups -OCH3 is 1. The van der Waals surface area contributed by atoms with Crippen LogP contribution in [0, 0.1) is 5.92 Å². The van der Waals surface area contributed by atoms with Gasteiger partial charge in [-0.3, -0.25) is 0 Å². The van der Waals surface area contributed by atoms with Crippen LogP contribution in [0.25, 0.3) is 0 Å². The molecule has 1 rings (SSSR count). The van der Waals surface area contributed by atoms with Crippen molar-refractivity contribution < 1.29 is 9.47 Å². The summed E-state index contributed by atoms with van der Waals surface area (Å²) in [7, 11) is 3.94. The maximum absolute atomic E-state index is 5.52. The smallest absolute Gasteiger partial charge is 0.0587 e. The van der Waals surface area contributed by atoms with Crippen molar-refractivity contribution in [2.24, 2.45) is 5.92 Å². The zero-order valence-electron chi connectivity index (χ0n) is 11.6. The molecule has 4 heteroatoms. The lowest BCUT2D eigenvalue weighted by Gasteiger charge is -2.31. The molecule has 0 aliphatic carbocycles. The minimum absolute atomic E-state index is 0.564. The van der Waals surface area contributed by atoms with E-state index >= 15 is 0 Å². The second-order valence-electron chi connectivity index (χ2n) is 5.07. The van der Waals surface area contributed by atoms with Crippen LogP contribution in [0.3, 0.4) is 0 Å². The maximum Gasteiger partial charge on any atom is 0.0587 e. The number of rotatable bonds is 8. The Hall–Kier alpha value is -0.160. The molecule has 1 heterocycles. The van der Waals surface area contributed by atoms with Crippen LogP contribution in [0.2, 0.25) is 0 Å². The van der Waals surface area contributed by atoms with Crippen molar-refractivity contribution in [3.8, 4) is 0 Å².